The first-order chi connectivity index (χ1) is 16.4. The minimum atomic E-state index is 0. The molecule has 6 rings (SSSR count). The number of benzene rings is 1. The first-order valence-electron chi connectivity index (χ1n) is 11.5. The van der Waals surface area contributed by atoms with Crippen LogP contribution < -0.4 is 0 Å². The van der Waals surface area contributed by atoms with E-state index < -0.39 is 0 Å². The van der Waals surface area contributed by atoms with Crippen LogP contribution in [0.25, 0.3) is 46.4 Å². The Labute approximate surface area is 216 Å². The second-order valence-electron chi connectivity index (χ2n) is 8.93. The van der Waals surface area contributed by atoms with Gasteiger partial charge >= 0.3 is 0 Å². The molecule has 1 radical (unpaired) electrons. The largest absolute Gasteiger partial charge is 0.355 e. The molecule has 0 spiro atoms. The topological polar surface area (TPSA) is 57.4 Å². The minimum Gasteiger partial charge on any atom is -0.355 e. The number of nitrogens with zero attached hydrogens (tertiary/aromatic N) is 2. The van der Waals surface area contributed by atoms with Crippen molar-refractivity contribution < 1.29 is 16.8 Å². The fourth-order valence-corrected chi connectivity index (χ4v) is 4.05. The molecule has 0 unspecified atom stereocenters. The number of hydrogen-bond donors (Lipinski definition) is 2. The van der Waals surface area contributed by atoms with E-state index in [1.165, 1.54) is 22.3 Å². The van der Waals surface area contributed by atoms with Gasteiger partial charge in [0.1, 0.15) is 0 Å². The summed E-state index contributed by atoms with van der Waals surface area (Å²) in [5.41, 5.74) is 13.4. The molecule has 4 aromatic rings. The Hall–Kier alpha value is -3.67. The third-order valence-electron chi connectivity index (χ3n) is 6.15. The summed E-state index contributed by atoms with van der Waals surface area (Å²) in [5.74, 6) is 0. The SMILES string of the molecule is C1=Cc2cc3ccc(cc4nc(cc5ccc(cc1n2)[nH]5)C=C4)[nH]3.Cc1cc(C)c(C)cc1C.[Co]. The van der Waals surface area contributed by atoms with E-state index in [1.54, 1.807) is 0 Å². The summed E-state index contributed by atoms with van der Waals surface area (Å²) in [4.78, 5) is 16.0. The first kappa shape index (κ1) is 24.5. The van der Waals surface area contributed by atoms with E-state index in [1.807, 2.05) is 48.6 Å². The molecule has 0 saturated heterocycles. The van der Waals surface area contributed by atoms with E-state index in [2.05, 4.69) is 84.0 Å². The number of hydrogen-bond acceptors (Lipinski definition) is 2. The molecule has 0 saturated carbocycles. The van der Waals surface area contributed by atoms with Gasteiger partial charge in [-0.25, -0.2) is 9.97 Å². The van der Waals surface area contributed by atoms with Gasteiger partial charge in [-0.05, 0) is 123 Å². The van der Waals surface area contributed by atoms with Crippen LogP contribution in [0.2, 0.25) is 0 Å². The zero-order chi connectivity index (χ0) is 23.7. The molecular weight excluding hydrogens is 475 g/mol. The monoisotopic (exact) mass is 503 g/mol. The maximum absolute atomic E-state index is 4.63. The molecule has 0 atom stereocenters. The van der Waals surface area contributed by atoms with Crippen molar-refractivity contribution in [3.63, 3.8) is 0 Å². The van der Waals surface area contributed by atoms with Crippen molar-refractivity contribution in [1.29, 1.82) is 0 Å². The summed E-state index contributed by atoms with van der Waals surface area (Å²) in [5, 5.41) is 0. The van der Waals surface area contributed by atoms with Crippen LogP contribution in [-0.4, -0.2) is 19.9 Å². The van der Waals surface area contributed by atoms with Gasteiger partial charge in [0.25, 0.3) is 0 Å². The van der Waals surface area contributed by atoms with E-state index in [0.717, 1.165) is 44.8 Å². The smallest absolute Gasteiger partial charge is 0.0658 e. The zero-order valence-electron chi connectivity index (χ0n) is 20.3. The number of rotatable bonds is 0. The van der Waals surface area contributed by atoms with Crippen LogP contribution in [-0.2, 0) is 16.8 Å². The van der Waals surface area contributed by atoms with Crippen molar-refractivity contribution in [2.45, 2.75) is 27.7 Å². The first-order valence-corrected chi connectivity index (χ1v) is 11.5. The van der Waals surface area contributed by atoms with Gasteiger partial charge in [0.15, 0.2) is 0 Å². The summed E-state index contributed by atoms with van der Waals surface area (Å²) in [7, 11) is 0. The van der Waals surface area contributed by atoms with Crippen molar-refractivity contribution in [3.05, 3.63) is 106 Å². The number of aromatic amines is 2. The zero-order valence-corrected chi connectivity index (χ0v) is 21.4. The second-order valence-corrected chi connectivity index (χ2v) is 8.93. The van der Waals surface area contributed by atoms with Crippen LogP contribution in [0.15, 0.2) is 60.7 Å². The van der Waals surface area contributed by atoms with Gasteiger partial charge in [-0.3, -0.25) is 0 Å². The minimum absolute atomic E-state index is 0. The average Bonchev–Trinajstić information content (AvgIpc) is 3.59. The number of fused-ring (bicyclic) bond motifs is 8. The van der Waals surface area contributed by atoms with E-state index >= 15 is 0 Å². The average molecular weight is 504 g/mol. The Morgan fingerprint density at radius 3 is 0.943 bits per heavy atom. The number of aromatic nitrogens is 4. The quantitative estimate of drug-likeness (QED) is 0.225. The Kier molecular flexibility index (Phi) is 7.19. The molecule has 4 nitrogen and oxygen atoms in total. The third kappa shape index (κ3) is 5.88. The van der Waals surface area contributed by atoms with Gasteiger partial charge in [0, 0.05) is 38.8 Å². The summed E-state index contributed by atoms with van der Waals surface area (Å²) in [6.07, 6.45) is 8.09. The fourth-order valence-electron chi connectivity index (χ4n) is 4.05. The summed E-state index contributed by atoms with van der Waals surface area (Å²) in [6.45, 7) is 8.62. The molecule has 5 heteroatoms. The Morgan fingerprint density at radius 2 is 0.686 bits per heavy atom. The third-order valence-corrected chi connectivity index (χ3v) is 6.15. The van der Waals surface area contributed by atoms with Gasteiger partial charge in [0.05, 0.1) is 22.8 Å². The van der Waals surface area contributed by atoms with Gasteiger partial charge in [-0.15, -0.1) is 0 Å². The van der Waals surface area contributed by atoms with Crippen LogP contribution in [0.1, 0.15) is 45.0 Å². The van der Waals surface area contributed by atoms with Crippen LogP contribution in [0, 0.1) is 27.7 Å². The maximum Gasteiger partial charge on any atom is 0.0658 e. The summed E-state index contributed by atoms with van der Waals surface area (Å²) < 4.78 is 0. The molecule has 2 N–H and O–H groups in total. The fraction of sp³-hybridized carbons (Fsp3) is 0.133. The normalized spacial score (nSPS) is 11.5. The Morgan fingerprint density at radius 1 is 0.429 bits per heavy atom. The summed E-state index contributed by atoms with van der Waals surface area (Å²) >= 11 is 0. The van der Waals surface area contributed by atoms with E-state index in [0.29, 0.717) is 0 Å². The Balaban J connectivity index is 0.000000224. The molecule has 2 aliphatic rings. The van der Waals surface area contributed by atoms with Crippen LogP contribution in [0.5, 0.6) is 0 Å². The van der Waals surface area contributed by atoms with Crippen LogP contribution >= 0.6 is 0 Å². The molecule has 5 heterocycles. The number of aryl methyl sites for hydroxylation is 4. The second kappa shape index (κ2) is 10.3. The maximum atomic E-state index is 4.63. The van der Waals surface area contributed by atoms with Crippen LogP contribution in [0.4, 0.5) is 0 Å². The number of H-pyrrole nitrogens is 2. The predicted octanol–water partition coefficient (Wildman–Crippen LogP) is 7.57. The predicted molar refractivity (Wildman–Crippen MR) is 144 cm³/mol. The van der Waals surface area contributed by atoms with Gasteiger partial charge in [-0.1, -0.05) is 12.1 Å². The van der Waals surface area contributed by atoms with Crippen molar-refractivity contribution in [1.82, 2.24) is 19.9 Å². The van der Waals surface area contributed by atoms with Gasteiger partial charge in [-0.2, -0.15) is 0 Å². The van der Waals surface area contributed by atoms with Crippen molar-refractivity contribution >= 4 is 46.4 Å². The van der Waals surface area contributed by atoms with E-state index in [4.69, 9.17) is 0 Å². The Bertz CT molecular complexity index is 1380. The molecule has 0 amide bonds. The van der Waals surface area contributed by atoms with Gasteiger partial charge in [0.2, 0.25) is 0 Å². The van der Waals surface area contributed by atoms with Gasteiger partial charge < -0.3 is 9.97 Å². The molecule has 177 valence electrons. The molecule has 0 fully saturated rings. The molecule has 2 aliphatic heterocycles. The number of nitrogens with one attached hydrogen (secondary N) is 2. The van der Waals surface area contributed by atoms with Crippen molar-refractivity contribution in [3.8, 4) is 0 Å². The molecule has 35 heavy (non-hydrogen) atoms. The molecular formula is C30H28CoN4. The molecule has 3 aromatic heterocycles. The molecule has 0 aliphatic carbocycles. The molecule has 8 bridgehead atoms. The molecule has 1 aromatic carbocycles. The van der Waals surface area contributed by atoms with Crippen molar-refractivity contribution in [2.24, 2.45) is 0 Å². The van der Waals surface area contributed by atoms with Crippen molar-refractivity contribution in [2.75, 3.05) is 0 Å². The van der Waals surface area contributed by atoms with E-state index in [-0.39, 0.29) is 16.8 Å². The standard InChI is InChI=1S/C20H14N4.C10H14.Co/c1-2-14-10-16-5-6-18(23-16)12-20-8-7-19(24-20)11-17-4-3-15(22-17)9-13(1)21-14;1-7-5-9(3)10(4)6-8(7)2;/h1-12,21,24H;5-6H,1-4H3;. The van der Waals surface area contributed by atoms with Crippen LogP contribution in [0.3, 0.4) is 0 Å². The summed E-state index contributed by atoms with van der Waals surface area (Å²) in [6, 6.07) is 20.8. The van der Waals surface area contributed by atoms with E-state index in [9.17, 15) is 0 Å².